The summed E-state index contributed by atoms with van der Waals surface area (Å²) >= 11 is 0. The first-order valence-electron chi connectivity index (χ1n) is 6.96. The molecule has 1 aromatic carbocycles. The van der Waals surface area contributed by atoms with E-state index in [1.165, 1.54) is 0 Å². The predicted molar refractivity (Wildman–Crippen MR) is 78.4 cm³/mol. The van der Waals surface area contributed by atoms with Crippen LogP contribution in [0.2, 0.25) is 0 Å². The van der Waals surface area contributed by atoms with E-state index in [0.29, 0.717) is 18.0 Å². The number of hydrogen-bond donors (Lipinski definition) is 3. The Hall–Kier alpha value is -2.08. The minimum Gasteiger partial charge on any atom is -0.482 e. The Labute approximate surface area is 123 Å². The highest BCUT2D eigenvalue weighted by atomic mass is 16.5. The number of carbonyl (C=O) groups excluding carboxylic acids is 1. The molecule has 114 valence electrons. The fraction of sp³-hybridized carbons (Fsp3) is 0.467. The van der Waals surface area contributed by atoms with Crippen molar-refractivity contribution in [1.29, 1.82) is 0 Å². The lowest BCUT2D eigenvalue weighted by atomic mass is 9.82. The Morgan fingerprint density at radius 3 is 2.95 bits per heavy atom. The van der Waals surface area contributed by atoms with Gasteiger partial charge in [-0.15, -0.1) is 0 Å². The Morgan fingerprint density at radius 1 is 1.48 bits per heavy atom. The maximum Gasteiger partial charge on any atom is 0.341 e. The Kier molecular flexibility index (Phi) is 4.80. The zero-order chi connectivity index (χ0) is 15.3. The second-order valence-electron chi connectivity index (χ2n) is 5.51. The first-order chi connectivity index (χ1) is 9.99. The molecule has 1 saturated heterocycles. The number of hydrogen-bond acceptors (Lipinski definition) is 4. The normalized spacial score (nSPS) is 21.6. The van der Waals surface area contributed by atoms with E-state index in [4.69, 9.17) is 9.84 Å². The van der Waals surface area contributed by atoms with Crippen LogP contribution in [-0.4, -0.2) is 36.7 Å². The van der Waals surface area contributed by atoms with Crippen LogP contribution in [0, 0.1) is 5.41 Å². The first kappa shape index (κ1) is 15.3. The average Bonchev–Trinajstić information content (AvgIpc) is 2.46. The van der Waals surface area contributed by atoms with Crippen molar-refractivity contribution < 1.29 is 19.4 Å². The summed E-state index contributed by atoms with van der Waals surface area (Å²) in [6.07, 6.45) is 1.83. The van der Waals surface area contributed by atoms with Gasteiger partial charge in [0, 0.05) is 18.3 Å². The number of ether oxygens (including phenoxy) is 1. The molecule has 0 saturated carbocycles. The van der Waals surface area contributed by atoms with Gasteiger partial charge in [0.15, 0.2) is 6.61 Å². The van der Waals surface area contributed by atoms with Gasteiger partial charge in [-0.1, -0.05) is 6.07 Å². The molecule has 0 bridgehead atoms. The number of carbonyl (C=O) groups is 2. The first-order valence-corrected chi connectivity index (χ1v) is 6.96. The molecule has 1 fully saturated rings. The van der Waals surface area contributed by atoms with Crippen molar-refractivity contribution in [2.24, 2.45) is 5.41 Å². The molecule has 1 aromatic rings. The maximum atomic E-state index is 12.4. The van der Waals surface area contributed by atoms with E-state index in [0.717, 1.165) is 19.4 Å². The molecule has 1 aliphatic heterocycles. The molecular weight excluding hydrogens is 272 g/mol. The van der Waals surface area contributed by atoms with E-state index in [2.05, 4.69) is 10.6 Å². The number of amides is 1. The monoisotopic (exact) mass is 292 g/mol. The highest BCUT2D eigenvalue weighted by Gasteiger charge is 2.34. The van der Waals surface area contributed by atoms with Gasteiger partial charge in [0.2, 0.25) is 5.91 Å². The molecular formula is C15H20N2O4. The molecule has 3 N–H and O–H groups in total. The van der Waals surface area contributed by atoms with Crippen LogP contribution >= 0.6 is 0 Å². The van der Waals surface area contributed by atoms with Crippen LogP contribution in [0.15, 0.2) is 24.3 Å². The number of carboxylic acids is 1. The highest BCUT2D eigenvalue weighted by Crippen LogP contribution is 2.28. The van der Waals surface area contributed by atoms with Crippen molar-refractivity contribution in [2.45, 2.75) is 19.8 Å². The molecule has 0 aliphatic carbocycles. The van der Waals surface area contributed by atoms with Gasteiger partial charge in [0.1, 0.15) is 5.75 Å². The number of aliphatic carboxylic acids is 1. The van der Waals surface area contributed by atoms with Crippen LogP contribution in [0.25, 0.3) is 0 Å². The van der Waals surface area contributed by atoms with Gasteiger partial charge in [-0.25, -0.2) is 4.79 Å². The molecule has 21 heavy (non-hydrogen) atoms. The Morgan fingerprint density at radius 2 is 2.29 bits per heavy atom. The van der Waals surface area contributed by atoms with Crippen LogP contribution in [0.4, 0.5) is 5.69 Å². The molecule has 1 amide bonds. The van der Waals surface area contributed by atoms with Gasteiger partial charge >= 0.3 is 5.97 Å². The number of rotatable bonds is 5. The Balaban J connectivity index is 2.00. The van der Waals surface area contributed by atoms with E-state index in [1.807, 2.05) is 6.92 Å². The van der Waals surface area contributed by atoms with Crippen molar-refractivity contribution in [1.82, 2.24) is 5.32 Å². The van der Waals surface area contributed by atoms with E-state index in [-0.39, 0.29) is 5.91 Å². The topological polar surface area (TPSA) is 87.7 Å². The fourth-order valence-corrected chi connectivity index (χ4v) is 2.34. The summed E-state index contributed by atoms with van der Waals surface area (Å²) in [5.41, 5.74) is 0.186. The number of carboxylic acid groups (broad SMARTS) is 1. The third kappa shape index (κ3) is 4.19. The second kappa shape index (κ2) is 6.58. The van der Waals surface area contributed by atoms with E-state index in [1.54, 1.807) is 24.3 Å². The number of anilines is 1. The second-order valence-corrected chi connectivity index (χ2v) is 5.51. The quantitative estimate of drug-likeness (QED) is 0.765. The number of benzene rings is 1. The summed E-state index contributed by atoms with van der Waals surface area (Å²) in [5.74, 6) is -0.655. The summed E-state index contributed by atoms with van der Waals surface area (Å²) in [6.45, 7) is 3.15. The molecule has 6 heteroatoms. The van der Waals surface area contributed by atoms with Crippen LogP contribution in [0.3, 0.4) is 0 Å². The summed E-state index contributed by atoms with van der Waals surface area (Å²) in [6, 6.07) is 6.75. The molecule has 2 rings (SSSR count). The minimum absolute atomic E-state index is 0.0370. The SMILES string of the molecule is CC1(C(=O)Nc2cccc(OCC(=O)O)c2)CCCNC1. The summed E-state index contributed by atoms with van der Waals surface area (Å²) < 4.78 is 5.10. The lowest BCUT2D eigenvalue weighted by Gasteiger charge is -2.32. The predicted octanol–water partition coefficient (Wildman–Crippen LogP) is 1.48. The average molecular weight is 292 g/mol. The van der Waals surface area contributed by atoms with E-state index < -0.39 is 18.0 Å². The van der Waals surface area contributed by atoms with E-state index >= 15 is 0 Å². The zero-order valence-electron chi connectivity index (χ0n) is 12.0. The zero-order valence-corrected chi connectivity index (χ0v) is 12.0. The lowest BCUT2D eigenvalue weighted by Crippen LogP contribution is -2.46. The van der Waals surface area contributed by atoms with Gasteiger partial charge in [-0.3, -0.25) is 4.79 Å². The van der Waals surface area contributed by atoms with Crippen LogP contribution in [0.5, 0.6) is 5.75 Å². The third-order valence-electron chi connectivity index (χ3n) is 3.60. The fourth-order valence-electron chi connectivity index (χ4n) is 2.34. The van der Waals surface area contributed by atoms with Crippen molar-refractivity contribution in [3.8, 4) is 5.75 Å². The minimum atomic E-state index is -1.04. The molecule has 0 spiro atoms. The molecule has 1 unspecified atom stereocenters. The Bertz CT molecular complexity index is 524. The van der Waals surface area contributed by atoms with E-state index in [9.17, 15) is 9.59 Å². The number of piperidine rings is 1. The largest absolute Gasteiger partial charge is 0.482 e. The standard InChI is InChI=1S/C15H20N2O4/c1-15(6-3-7-16-10-15)14(20)17-11-4-2-5-12(8-11)21-9-13(18)19/h2,4-5,8,16H,3,6-7,9-10H2,1H3,(H,17,20)(H,18,19). The van der Waals surface area contributed by atoms with Gasteiger partial charge in [0.25, 0.3) is 0 Å². The molecule has 0 aromatic heterocycles. The summed E-state index contributed by atoms with van der Waals surface area (Å²) in [7, 11) is 0. The van der Waals surface area contributed by atoms with Crippen LogP contribution in [0.1, 0.15) is 19.8 Å². The summed E-state index contributed by atoms with van der Waals surface area (Å²) in [4.78, 5) is 22.9. The summed E-state index contributed by atoms with van der Waals surface area (Å²) in [5, 5.41) is 14.7. The molecule has 1 aliphatic rings. The van der Waals surface area contributed by atoms with Gasteiger partial charge < -0.3 is 20.5 Å². The maximum absolute atomic E-state index is 12.4. The molecule has 6 nitrogen and oxygen atoms in total. The number of nitrogens with one attached hydrogen (secondary N) is 2. The van der Waals surface area contributed by atoms with Crippen LogP contribution < -0.4 is 15.4 Å². The van der Waals surface area contributed by atoms with Crippen molar-refractivity contribution in [2.75, 3.05) is 25.0 Å². The lowest BCUT2D eigenvalue weighted by molar-refractivity contribution is -0.139. The van der Waals surface area contributed by atoms with Gasteiger partial charge in [-0.05, 0) is 38.4 Å². The van der Waals surface area contributed by atoms with Crippen molar-refractivity contribution >= 4 is 17.6 Å². The highest BCUT2D eigenvalue weighted by molar-refractivity contribution is 5.95. The van der Waals surface area contributed by atoms with Crippen molar-refractivity contribution in [3.05, 3.63) is 24.3 Å². The molecule has 1 atom stereocenters. The molecule has 0 radical (unpaired) electrons. The van der Waals surface area contributed by atoms with Gasteiger partial charge in [0.05, 0.1) is 5.41 Å². The van der Waals surface area contributed by atoms with Gasteiger partial charge in [-0.2, -0.15) is 0 Å². The molecule has 1 heterocycles. The third-order valence-corrected chi connectivity index (χ3v) is 3.60. The smallest absolute Gasteiger partial charge is 0.341 e. The van der Waals surface area contributed by atoms with Crippen molar-refractivity contribution in [3.63, 3.8) is 0 Å². The van der Waals surface area contributed by atoms with Crippen LogP contribution in [-0.2, 0) is 9.59 Å².